The van der Waals surface area contributed by atoms with Crippen LogP contribution in [0.5, 0.6) is 11.5 Å². The lowest BCUT2D eigenvalue weighted by atomic mass is 10.2. The van der Waals surface area contributed by atoms with Gasteiger partial charge in [0, 0.05) is 17.7 Å². The van der Waals surface area contributed by atoms with Crippen molar-refractivity contribution in [2.75, 3.05) is 13.2 Å². The highest BCUT2D eigenvalue weighted by molar-refractivity contribution is 14.1. The molecule has 1 N–H and O–H groups in total. The number of hydrogen-bond donors (Lipinski definition) is 1. The van der Waals surface area contributed by atoms with Crippen molar-refractivity contribution in [3.05, 3.63) is 61.2 Å². The van der Waals surface area contributed by atoms with Crippen molar-refractivity contribution in [2.24, 2.45) is 5.10 Å². The van der Waals surface area contributed by atoms with E-state index in [9.17, 15) is 14.9 Å². The number of rotatable bonds is 8. The van der Waals surface area contributed by atoms with Gasteiger partial charge in [-0.1, -0.05) is 6.07 Å². The summed E-state index contributed by atoms with van der Waals surface area (Å²) in [5, 5.41) is 14.7. The molecule has 0 aliphatic carbocycles. The van der Waals surface area contributed by atoms with Crippen LogP contribution in [0.15, 0.2) is 41.5 Å². The van der Waals surface area contributed by atoms with Crippen LogP contribution < -0.4 is 14.9 Å². The van der Waals surface area contributed by atoms with Crippen molar-refractivity contribution >= 4 is 40.4 Å². The quantitative estimate of drug-likeness (QED) is 0.267. The molecule has 0 fully saturated rings. The van der Waals surface area contributed by atoms with Crippen molar-refractivity contribution in [1.82, 2.24) is 5.43 Å². The molecule has 1 amide bonds. The zero-order chi connectivity index (χ0) is 19.8. The highest BCUT2D eigenvalue weighted by atomic mass is 127. The highest BCUT2D eigenvalue weighted by Gasteiger charge is 2.12. The third-order valence-corrected chi connectivity index (χ3v) is 4.12. The molecule has 2 aromatic carbocycles. The van der Waals surface area contributed by atoms with Crippen LogP contribution in [0.2, 0.25) is 0 Å². The molecule has 0 spiro atoms. The molecule has 9 heteroatoms. The van der Waals surface area contributed by atoms with Crippen molar-refractivity contribution in [3.8, 4) is 11.5 Å². The zero-order valence-corrected chi connectivity index (χ0v) is 16.9. The number of halogens is 1. The van der Waals surface area contributed by atoms with Gasteiger partial charge in [0.2, 0.25) is 0 Å². The number of hydrogen-bond acceptors (Lipinski definition) is 6. The van der Waals surface area contributed by atoms with Gasteiger partial charge in [0.15, 0.2) is 11.5 Å². The van der Waals surface area contributed by atoms with Gasteiger partial charge in [-0.15, -0.1) is 0 Å². The van der Waals surface area contributed by atoms with Gasteiger partial charge < -0.3 is 9.47 Å². The monoisotopic (exact) mass is 483 g/mol. The minimum Gasteiger partial charge on any atom is -0.490 e. The van der Waals surface area contributed by atoms with Crippen LogP contribution in [0.4, 0.5) is 5.69 Å². The van der Waals surface area contributed by atoms with Gasteiger partial charge in [0.25, 0.3) is 11.6 Å². The average molecular weight is 483 g/mol. The van der Waals surface area contributed by atoms with Crippen molar-refractivity contribution in [2.45, 2.75) is 13.8 Å². The van der Waals surface area contributed by atoms with Gasteiger partial charge in [-0.25, -0.2) is 5.43 Å². The van der Waals surface area contributed by atoms with Crippen LogP contribution in [0, 0.1) is 13.7 Å². The van der Waals surface area contributed by atoms with Crippen molar-refractivity contribution in [3.63, 3.8) is 0 Å². The van der Waals surface area contributed by atoms with E-state index >= 15 is 0 Å². The Kier molecular flexibility index (Phi) is 7.53. The van der Waals surface area contributed by atoms with E-state index in [1.807, 2.05) is 19.9 Å². The van der Waals surface area contributed by atoms with E-state index in [0.29, 0.717) is 30.3 Å². The zero-order valence-electron chi connectivity index (χ0n) is 14.8. The number of carbonyl (C=O) groups excluding carboxylic acids is 1. The number of non-ortho nitro benzene ring substituents is 1. The Balaban J connectivity index is 2.14. The Bertz CT molecular complexity index is 870. The third-order valence-electron chi connectivity index (χ3n) is 3.32. The number of amides is 1. The Labute approximate surface area is 169 Å². The molecule has 0 aromatic heterocycles. The van der Waals surface area contributed by atoms with E-state index in [4.69, 9.17) is 9.47 Å². The number of nitrogens with zero attached hydrogens (tertiary/aromatic N) is 2. The minimum absolute atomic E-state index is 0.151. The summed E-state index contributed by atoms with van der Waals surface area (Å²) in [4.78, 5) is 22.3. The standard InChI is InChI=1S/C18H18IN3O5/c1-3-26-16-9-12(8-15(19)17(16)27-4-2)11-20-21-18(23)13-6-5-7-14(10-13)22(24)25/h5-11H,3-4H2,1-2H3,(H,21,23)/b20-11-. The Hall–Kier alpha value is -2.69. The van der Waals surface area contributed by atoms with E-state index in [0.717, 1.165) is 3.57 Å². The van der Waals surface area contributed by atoms with Crippen LogP contribution in [0.1, 0.15) is 29.8 Å². The summed E-state index contributed by atoms with van der Waals surface area (Å²) >= 11 is 2.14. The fraction of sp³-hybridized carbons (Fsp3) is 0.222. The maximum atomic E-state index is 12.1. The molecular weight excluding hydrogens is 465 g/mol. The number of nitro benzene ring substituents is 1. The first-order valence-corrected chi connectivity index (χ1v) is 9.21. The lowest BCUT2D eigenvalue weighted by Gasteiger charge is -2.13. The summed E-state index contributed by atoms with van der Waals surface area (Å²) in [6.07, 6.45) is 1.47. The molecule has 0 heterocycles. The lowest BCUT2D eigenvalue weighted by molar-refractivity contribution is -0.384. The smallest absolute Gasteiger partial charge is 0.271 e. The molecule has 0 aliphatic heterocycles. The van der Waals surface area contributed by atoms with E-state index in [1.54, 1.807) is 6.07 Å². The minimum atomic E-state index is -0.558. The summed E-state index contributed by atoms with van der Waals surface area (Å²) in [5.74, 6) is 0.719. The third kappa shape index (κ3) is 5.64. The number of nitro groups is 1. The summed E-state index contributed by atoms with van der Waals surface area (Å²) in [5.41, 5.74) is 3.06. The maximum Gasteiger partial charge on any atom is 0.271 e. The molecule has 0 radical (unpaired) electrons. The molecular formula is C18H18IN3O5. The molecule has 142 valence electrons. The van der Waals surface area contributed by atoms with Gasteiger partial charge in [0.05, 0.1) is 27.9 Å². The summed E-state index contributed by atoms with van der Waals surface area (Å²) in [7, 11) is 0. The fourth-order valence-electron chi connectivity index (χ4n) is 2.20. The summed E-state index contributed by atoms with van der Waals surface area (Å²) < 4.78 is 12.1. The molecule has 0 saturated carbocycles. The van der Waals surface area contributed by atoms with E-state index < -0.39 is 10.8 Å². The molecule has 0 bridgehead atoms. The normalized spacial score (nSPS) is 10.6. The number of ether oxygens (including phenoxy) is 2. The molecule has 27 heavy (non-hydrogen) atoms. The number of nitrogens with one attached hydrogen (secondary N) is 1. The van der Waals surface area contributed by atoms with Crippen LogP contribution in [-0.4, -0.2) is 30.3 Å². The Morgan fingerprint density at radius 2 is 2.00 bits per heavy atom. The van der Waals surface area contributed by atoms with Crippen molar-refractivity contribution in [1.29, 1.82) is 0 Å². The molecule has 8 nitrogen and oxygen atoms in total. The van der Waals surface area contributed by atoms with Crippen LogP contribution in [0.3, 0.4) is 0 Å². The largest absolute Gasteiger partial charge is 0.490 e. The lowest BCUT2D eigenvalue weighted by Crippen LogP contribution is -2.17. The van der Waals surface area contributed by atoms with Crippen molar-refractivity contribution < 1.29 is 19.2 Å². The van der Waals surface area contributed by atoms with E-state index in [2.05, 4.69) is 33.1 Å². The fourth-order valence-corrected chi connectivity index (χ4v) is 2.98. The van der Waals surface area contributed by atoms with Gasteiger partial charge in [0.1, 0.15) is 0 Å². The molecule has 0 unspecified atom stereocenters. The van der Waals surface area contributed by atoms with E-state index in [-0.39, 0.29) is 11.3 Å². The predicted octanol–water partition coefficient (Wildman–Crippen LogP) is 3.76. The predicted molar refractivity (Wildman–Crippen MR) is 110 cm³/mol. The summed E-state index contributed by atoms with van der Waals surface area (Å²) in [6.45, 7) is 4.77. The first-order chi connectivity index (χ1) is 13.0. The Morgan fingerprint density at radius 1 is 1.26 bits per heavy atom. The highest BCUT2D eigenvalue weighted by Crippen LogP contribution is 2.33. The number of hydrazone groups is 1. The first kappa shape index (κ1) is 20.6. The molecule has 0 saturated heterocycles. The first-order valence-electron chi connectivity index (χ1n) is 8.13. The maximum absolute atomic E-state index is 12.1. The second-order valence-electron chi connectivity index (χ2n) is 5.20. The molecule has 0 atom stereocenters. The topological polar surface area (TPSA) is 103 Å². The number of carbonyl (C=O) groups is 1. The summed E-state index contributed by atoms with van der Waals surface area (Å²) in [6, 6.07) is 9.04. The average Bonchev–Trinajstić information content (AvgIpc) is 2.64. The van der Waals surface area contributed by atoms with Gasteiger partial charge in [-0.3, -0.25) is 14.9 Å². The second kappa shape index (κ2) is 9.86. The molecule has 0 aliphatic rings. The number of benzene rings is 2. The SMILES string of the molecule is CCOc1cc(/C=N\NC(=O)c2cccc([N+](=O)[O-])c2)cc(I)c1OCC. The Morgan fingerprint density at radius 3 is 2.67 bits per heavy atom. The second-order valence-corrected chi connectivity index (χ2v) is 6.36. The molecule has 2 aromatic rings. The molecule has 2 rings (SSSR count). The van der Waals surface area contributed by atoms with Gasteiger partial charge >= 0.3 is 0 Å². The van der Waals surface area contributed by atoms with Gasteiger partial charge in [-0.2, -0.15) is 5.10 Å². The van der Waals surface area contributed by atoms with E-state index in [1.165, 1.54) is 30.5 Å². The van der Waals surface area contributed by atoms with Gasteiger partial charge in [-0.05, 0) is 60.2 Å². The van der Waals surface area contributed by atoms with Crippen LogP contribution in [0.25, 0.3) is 0 Å². The van der Waals surface area contributed by atoms with Crippen LogP contribution >= 0.6 is 22.6 Å². The van der Waals surface area contributed by atoms with Crippen LogP contribution in [-0.2, 0) is 0 Å².